The molecular formula is C7H10N2OS. The number of carbonyl (C=O) groups excluding carboxylic acids is 1. The van der Waals surface area contributed by atoms with Crippen molar-refractivity contribution in [3.8, 4) is 0 Å². The van der Waals surface area contributed by atoms with Crippen molar-refractivity contribution in [3.05, 3.63) is 16.6 Å². The third-order valence-corrected chi connectivity index (χ3v) is 2.05. The fourth-order valence-electron chi connectivity index (χ4n) is 0.710. The van der Waals surface area contributed by atoms with Gasteiger partial charge in [-0.15, -0.1) is 11.3 Å². The lowest BCUT2D eigenvalue weighted by Crippen LogP contribution is -2.29. The lowest BCUT2D eigenvalue weighted by molar-refractivity contribution is 0.0955. The first-order valence-corrected chi connectivity index (χ1v) is 4.38. The molecule has 0 aliphatic heterocycles. The van der Waals surface area contributed by atoms with E-state index in [1.807, 2.05) is 6.92 Å². The van der Waals surface area contributed by atoms with Crippen LogP contribution in [0.25, 0.3) is 0 Å². The second-order valence-electron chi connectivity index (χ2n) is 2.25. The number of hydrogen-bond donors (Lipinski definition) is 1. The third-order valence-electron chi connectivity index (χ3n) is 1.46. The van der Waals surface area contributed by atoms with Gasteiger partial charge in [-0.25, -0.2) is 4.98 Å². The molecule has 0 saturated carbocycles. The Morgan fingerprint density at radius 2 is 2.64 bits per heavy atom. The lowest BCUT2D eigenvalue weighted by Gasteiger charge is -2.03. The molecule has 1 atom stereocenters. The van der Waals surface area contributed by atoms with Gasteiger partial charge in [0, 0.05) is 5.38 Å². The average Bonchev–Trinajstić information content (AvgIpc) is 2.53. The molecule has 0 saturated heterocycles. The standard InChI is InChI=1S/C7H10N2OS/c1-2-5(8)7(10)6-3-11-4-9-6/h3-5H,2,8H2,1H3. The molecule has 0 radical (unpaired) electrons. The minimum atomic E-state index is -0.392. The number of thiazole rings is 1. The Hall–Kier alpha value is -0.740. The number of rotatable bonds is 3. The van der Waals surface area contributed by atoms with E-state index in [0.717, 1.165) is 0 Å². The summed E-state index contributed by atoms with van der Waals surface area (Å²) in [4.78, 5) is 15.1. The zero-order valence-corrected chi connectivity index (χ0v) is 7.10. The first-order chi connectivity index (χ1) is 5.25. The van der Waals surface area contributed by atoms with Gasteiger partial charge < -0.3 is 5.73 Å². The molecule has 1 rings (SSSR count). The second kappa shape index (κ2) is 3.59. The molecule has 3 nitrogen and oxygen atoms in total. The average molecular weight is 170 g/mol. The summed E-state index contributed by atoms with van der Waals surface area (Å²) in [5.74, 6) is -0.0613. The summed E-state index contributed by atoms with van der Waals surface area (Å²) in [6.45, 7) is 1.88. The van der Waals surface area contributed by atoms with E-state index in [1.165, 1.54) is 11.3 Å². The molecule has 1 aromatic heterocycles. The van der Waals surface area contributed by atoms with E-state index in [1.54, 1.807) is 10.9 Å². The van der Waals surface area contributed by atoms with E-state index in [0.29, 0.717) is 12.1 Å². The number of aromatic nitrogens is 1. The Bertz CT molecular complexity index is 233. The van der Waals surface area contributed by atoms with Crippen LogP contribution in [0.3, 0.4) is 0 Å². The molecule has 0 bridgehead atoms. The van der Waals surface area contributed by atoms with Crippen LogP contribution in [0.4, 0.5) is 0 Å². The van der Waals surface area contributed by atoms with E-state index in [2.05, 4.69) is 4.98 Å². The second-order valence-corrected chi connectivity index (χ2v) is 2.97. The van der Waals surface area contributed by atoms with Gasteiger partial charge in [-0.05, 0) is 6.42 Å². The van der Waals surface area contributed by atoms with E-state index < -0.39 is 6.04 Å². The van der Waals surface area contributed by atoms with Crippen molar-refractivity contribution < 1.29 is 4.79 Å². The van der Waals surface area contributed by atoms with E-state index in [-0.39, 0.29) is 5.78 Å². The third kappa shape index (κ3) is 1.85. The fourth-order valence-corrected chi connectivity index (χ4v) is 1.25. The van der Waals surface area contributed by atoms with Crippen LogP contribution in [0.2, 0.25) is 0 Å². The van der Waals surface area contributed by atoms with Crippen molar-refractivity contribution in [1.82, 2.24) is 4.98 Å². The van der Waals surface area contributed by atoms with Crippen molar-refractivity contribution in [2.24, 2.45) is 5.73 Å². The van der Waals surface area contributed by atoms with Crippen LogP contribution in [0.15, 0.2) is 10.9 Å². The quantitative estimate of drug-likeness (QED) is 0.690. The van der Waals surface area contributed by atoms with Crippen LogP contribution in [-0.2, 0) is 0 Å². The van der Waals surface area contributed by atoms with Gasteiger partial charge in [0.1, 0.15) is 5.69 Å². The van der Waals surface area contributed by atoms with E-state index in [9.17, 15) is 4.79 Å². The van der Waals surface area contributed by atoms with E-state index >= 15 is 0 Å². The van der Waals surface area contributed by atoms with Crippen molar-refractivity contribution >= 4 is 17.1 Å². The Morgan fingerprint density at radius 3 is 3.09 bits per heavy atom. The maximum atomic E-state index is 11.3. The number of hydrogen-bond acceptors (Lipinski definition) is 4. The van der Waals surface area contributed by atoms with Gasteiger partial charge in [-0.2, -0.15) is 0 Å². The van der Waals surface area contributed by atoms with Crippen LogP contribution in [0.1, 0.15) is 23.8 Å². The maximum absolute atomic E-state index is 11.3. The van der Waals surface area contributed by atoms with Gasteiger partial charge in [0.2, 0.25) is 0 Å². The molecule has 0 aliphatic rings. The van der Waals surface area contributed by atoms with Gasteiger partial charge in [0.25, 0.3) is 0 Å². The summed E-state index contributed by atoms with van der Waals surface area (Å²) >= 11 is 1.41. The summed E-state index contributed by atoms with van der Waals surface area (Å²) in [7, 11) is 0. The first-order valence-electron chi connectivity index (χ1n) is 3.43. The summed E-state index contributed by atoms with van der Waals surface area (Å²) in [5.41, 5.74) is 7.65. The predicted octanol–water partition coefficient (Wildman–Crippen LogP) is 1.06. The largest absolute Gasteiger partial charge is 0.321 e. The Morgan fingerprint density at radius 1 is 1.91 bits per heavy atom. The molecule has 1 unspecified atom stereocenters. The monoisotopic (exact) mass is 170 g/mol. The van der Waals surface area contributed by atoms with Crippen LogP contribution >= 0.6 is 11.3 Å². The van der Waals surface area contributed by atoms with Crippen molar-refractivity contribution in [3.63, 3.8) is 0 Å². The van der Waals surface area contributed by atoms with Gasteiger partial charge in [-0.3, -0.25) is 4.79 Å². The van der Waals surface area contributed by atoms with Crippen LogP contribution in [0.5, 0.6) is 0 Å². The molecule has 0 amide bonds. The smallest absolute Gasteiger partial charge is 0.198 e. The minimum Gasteiger partial charge on any atom is -0.321 e. The molecule has 4 heteroatoms. The SMILES string of the molecule is CCC(N)C(=O)c1cscn1. The van der Waals surface area contributed by atoms with Crippen LogP contribution in [0, 0.1) is 0 Å². The molecule has 0 aromatic carbocycles. The molecule has 11 heavy (non-hydrogen) atoms. The number of ketones is 1. The van der Waals surface area contributed by atoms with Crippen LogP contribution in [-0.4, -0.2) is 16.8 Å². The highest BCUT2D eigenvalue weighted by atomic mass is 32.1. The number of nitrogens with zero attached hydrogens (tertiary/aromatic N) is 1. The maximum Gasteiger partial charge on any atom is 0.198 e. The van der Waals surface area contributed by atoms with Crippen molar-refractivity contribution in [2.45, 2.75) is 19.4 Å². The molecule has 1 heterocycles. The zero-order chi connectivity index (χ0) is 8.27. The van der Waals surface area contributed by atoms with Gasteiger partial charge in [0.05, 0.1) is 11.6 Å². The molecule has 2 N–H and O–H groups in total. The molecule has 0 fully saturated rings. The van der Waals surface area contributed by atoms with Crippen molar-refractivity contribution in [2.75, 3.05) is 0 Å². The highest BCUT2D eigenvalue weighted by Gasteiger charge is 2.14. The van der Waals surface area contributed by atoms with Crippen molar-refractivity contribution in [1.29, 1.82) is 0 Å². The molecule has 1 aromatic rings. The molecule has 60 valence electrons. The Labute approximate surface area is 69.3 Å². The summed E-state index contributed by atoms with van der Waals surface area (Å²) in [5, 5.41) is 1.72. The fraction of sp³-hybridized carbons (Fsp3) is 0.429. The zero-order valence-electron chi connectivity index (χ0n) is 6.28. The highest BCUT2D eigenvalue weighted by molar-refractivity contribution is 7.07. The summed E-state index contributed by atoms with van der Waals surface area (Å²) in [6.07, 6.45) is 0.663. The summed E-state index contributed by atoms with van der Waals surface area (Å²) < 4.78 is 0. The van der Waals surface area contributed by atoms with Crippen LogP contribution < -0.4 is 5.73 Å². The first kappa shape index (κ1) is 8.36. The molecule has 0 aliphatic carbocycles. The van der Waals surface area contributed by atoms with Gasteiger partial charge in [0.15, 0.2) is 5.78 Å². The molecule has 0 spiro atoms. The number of carbonyl (C=O) groups is 1. The van der Waals surface area contributed by atoms with Gasteiger partial charge >= 0.3 is 0 Å². The topological polar surface area (TPSA) is 56.0 Å². The minimum absolute atomic E-state index is 0.0613. The predicted molar refractivity (Wildman–Crippen MR) is 44.7 cm³/mol. The van der Waals surface area contributed by atoms with E-state index in [4.69, 9.17) is 5.73 Å². The van der Waals surface area contributed by atoms with Gasteiger partial charge in [-0.1, -0.05) is 6.92 Å². The normalized spacial score (nSPS) is 12.9. The number of nitrogens with two attached hydrogens (primary N) is 1. The Kier molecular flexibility index (Phi) is 2.73. The number of Topliss-reactive ketones (excluding diaryl/α,β-unsaturated/α-hetero) is 1. The Balaban J connectivity index is 2.70. The summed E-state index contributed by atoms with van der Waals surface area (Å²) in [6, 6.07) is -0.392. The molecular weight excluding hydrogens is 160 g/mol. The lowest BCUT2D eigenvalue weighted by atomic mass is 10.1. The highest BCUT2D eigenvalue weighted by Crippen LogP contribution is 2.04.